The number of carbonyl (C=O) groups is 1. The molecule has 0 unspecified atom stereocenters. The second-order valence-corrected chi connectivity index (χ2v) is 4.82. The van der Waals surface area contributed by atoms with E-state index in [-0.39, 0.29) is 5.91 Å². The van der Waals surface area contributed by atoms with Crippen LogP contribution in [0, 0.1) is 0 Å². The molecule has 0 aliphatic heterocycles. The molecule has 1 aromatic carbocycles. The lowest BCUT2D eigenvalue weighted by Gasteiger charge is -2.05. The van der Waals surface area contributed by atoms with Gasteiger partial charge >= 0.3 is 0 Å². The molecule has 3 aromatic rings. The van der Waals surface area contributed by atoms with E-state index in [1.165, 1.54) is 0 Å². The van der Waals surface area contributed by atoms with E-state index in [1.54, 1.807) is 24.5 Å². The Morgan fingerprint density at radius 3 is 2.59 bits per heavy atom. The van der Waals surface area contributed by atoms with E-state index in [9.17, 15) is 4.79 Å². The number of aromatic nitrogens is 3. The summed E-state index contributed by atoms with van der Waals surface area (Å²) in [6.07, 6.45) is 5.40. The van der Waals surface area contributed by atoms with Gasteiger partial charge in [0.25, 0.3) is 5.91 Å². The highest BCUT2D eigenvalue weighted by atomic mass is 16.1. The van der Waals surface area contributed by atoms with Gasteiger partial charge in [-0.25, -0.2) is 0 Å². The zero-order valence-corrected chi connectivity index (χ0v) is 12.0. The molecule has 0 aliphatic carbocycles. The molecular weight excluding hydrogens is 276 g/mol. The van der Waals surface area contributed by atoms with Gasteiger partial charge in [0.05, 0.1) is 12.2 Å². The maximum Gasteiger partial charge on any atom is 0.251 e. The van der Waals surface area contributed by atoms with E-state index in [0.29, 0.717) is 18.7 Å². The minimum absolute atomic E-state index is 0.0675. The highest BCUT2D eigenvalue weighted by Crippen LogP contribution is 2.14. The molecule has 5 nitrogen and oxygen atoms in total. The first kappa shape index (κ1) is 14.0. The van der Waals surface area contributed by atoms with E-state index >= 15 is 0 Å². The smallest absolute Gasteiger partial charge is 0.251 e. The van der Waals surface area contributed by atoms with Crippen molar-refractivity contribution in [3.8, 4) is 11.3 Å². The normalized spacial score (nSPS) is 10.4. The molecule has 0 saturated heterocycles. The molecule has 22 heavy (non-hydrogen) atoms. The number of amides is 1. The monoisotopic (exact) mass is 292 g/mol. The maximum atomic E-state index is 11.9. The lowest BCUT2D eigenvalue weighted by molar-refractivity contribution is 0.0952. The highest BCUT2D eigenvalue weighted by Gasteiger charge is 2.04. The number of benzene rings is 1. The number of hydrogen-bond acceptors (Lipinski definition) is 3. The molecule has 0 spiro atoms. The minimum atomic E-state index is -0.0675. The van der Waals surface area contributed by atoms with Gasteiger partial charge in [-0.15, -0.1) is 0 Å². The van der Waals surface area contributed by atoms with Crippen molar-refractivity contribution in [1.82, 2.24) is 20.1 Å². The van der Waals surface area contributed by atoms with Crippen LogP contribution in [-0.2, 0) is 6.54 Å². The lowest BCUT2D eigenvalue weighted by Crippen LogP contribution is -2.27. The Morgan fingerprint density at radius 1 is 1.05 bits per heavy atom. The summed E-state index contributed by atoms with van der Waals surface area (Å²) in [7, 11) is 0. The van der Waals surface area contributed by atoms with E-state index in [0.717, 1.165) is 11.3 Å². The number of pyridine rings is 1. The molecule has 1 amide bonds. The van der Waals surface area contributed by atoms with Gasteiger partial charge in [-0.1, -0.05) is 18.2 Å². The summed E-state index contributed by atoms with van der Waals surface area (Å²) in [6, 6.07) is 15.0. The summed E-state index contributed by atoms with van der Waals surface area (Å²) in [5.41, 5.74) is 2.60. The van der Waals surface area contributed by atoms with Crippen molar-refractivity contribution in [3.63, 3.8) is 0 Å². The minimum Gasteiger partial charge on any atom is -0.350 e. The number of hydrogen-bond donors (Lipinski definition) is 1. The van der Waals surface area contributed by atoms with Crippen LogP contribution in [0.5, 0.6) is 0 Å². The van der Waals surface area contributed by atoms with E-state index in [1.807, 2.05) is 47.3 Å². The third-order valence-electron chi connectivity index (χ3n) is 3.28. The van der Waals surface area contributed by atoms with Crippen LogP contribution in [0.3, 0.4) is 0 Å². The Kier molecular flexibility index (Phi) is 4.25. The maximum absolute atomic E-state index is 11.9. The third kappa shape index (κ3) is 3.38. The first-order valence-corrected chi connectivity index (χ1v) is 7.10. The van der Waals surface area contributed by atoms with E-state index in [2.05, 4.69) is 15.4 Å². The van der Waals surface area contributed by atoms with Crippen LogP contribution in [-0.4, -0.2) is 27.2 Å². The van der Waals surface area contributed by atoms with Gasteiger partial charge in [-0.05, 0) is 30.3 Å². The molecule has 0 fully saturated rings. The second kappa shape index (κ2) is 6.67. The Balaban J connectivity index is 1.55. The SMILES string of the molecule is O=C(NCCn1ccc(-c2ccncc2)n1)c1ccccc1. The van der Waals surface area contributed by atoms with Crippen LogP contribution in [0.15, 0.2) is 67.1 Å². The van der Waals surface area contributed by atoms with Crippen molar-refractivity contribution >= 4 is 5.91 Å². The molecule has 0 saturated carbocycles. The van der Waals surface area contributed by atoms with Crippen LogP contribution in [0.1, 0.15) is 10.4 Å². The predicted molar refractivity (Wildman–Crippen MR) is 84.2 cm³/mol. The molecule has 1 N–H and O–H groups in total. The Morgan fingerprint density at radius 2 is 1.82 bits per heavy atom. The standard InChI is InChI=1S/C17H16N4O/c22-17(15-4-2-1-3-5-15)19-11-13-21-12-8-16(20-21)14-6-9-18-10-7-14/h1-10,12H,11,13H2,(H,19,22). The average molecular weight is 292 g/mol. The molecule has 3 rings (SSSR count). The second-order valence-electron chi connectivity index (χ2n) is 4.82. The lowest BCUT2D eigenvalue weighted by atomic mass is 10.2. The Hall–Kier alpha value is -2.95. The van der Waals surface area contributed by atoms with Gasteiger partial charge in [0.15, 0.2) is 0 Å². The zero-order valence-electron chi connectivity index (χ0n) is 12.0. The van der Waals surface area contributed by atoms with Crippen LogP contribution < -0.4 is 5.32 Å². The topological polar surface area (TPSA) is 59.8 Å². The summed E-state index contributed by atoms with van der Waals surface area (Å²) < 4.78 is 1.82. The molecule has 0 atom stereocenters. The van der Waals surface area contributed by atoms with Crippen molar-refractivity contribution in [2.24, 2.45) is 0 Å². The summed E-state index contributed by atoms with van der Waals surface area (Å²) in [6.45, 7) is 1.16. The number of nitrogens with zero attached hydrogens (tertiary/aromatic N) is 3. The van der Waals surface area contributed by atoms with Crippen molar-refractivity contribution in [2.45, 2.75) is 6.54 Å². The van der Waals surface area contributed by atoms with E-state index < -0.39 is 0 Å². The quantitative estimate of drug-likeness (QED) is 0.785. The van der Waals surface area contributed by atoms with Crippen LogP contribution in [0.2, 0.25) is 0 Å². The van der Waals surface area contributed by atoms with Crippen LogP contribution >= 0.6 is 0 Å². The third-order valence-corrected chi connectivity index (χ3v) is 3.28. The van der Waals surface area contributed by atoms with Crippen molar-refractivity contribution in [2.75, 3.05) is 6.54 Å². The first-order chi connectivity index (χ1) is 10.8. The zero-order chi connectivity index (χ0) is 15.2. The van der Waals surface area contributed by atoms with Crippen LogP contribution in [0.25, 0.3) is 11.3 Å². The first-order valence-electron chi connectivity index (χ1n) is 7.10. The van der Waals surface area contributed by atoms with Gasteiger partial charge in [0.2, 0.25) is 0 Å². The fourth-order valence-corrected chi connectivity index (χ4v) is 2.14. The highest BCUT2D eigenvalue weighted by molar-refractivity contribution is 5.94. The van der Waals surface area contributed by atoms with Gasteiger partial charge in [0.1, 0.15) is 0 Å². The van der Waals surface area contributed by atoms with Gasteiger partial charge in [-0.2, -0.15) is 5.10 Å². The predicted octanol–water partition coefficient (Wildman–Crippen LogP) is 2.38. The van der Waals surface area contributed by atoms with Gasteiger partial charge < -0.3 is 5.32 Å². The molecule has 2 aromatic heterocycles. The average Bonchev–Trinajstić information content (AvgIpc) is 3.05. The summed E-state index contributed by atoms with van der Waals surface area (Å²) in [5.74, 6) is -0.0675. The fourth-order valence-electron chi connectivity index (χ4n) is 2.14. The molecule has 0 radical (unpaired) electrons. The fraction of sp³-hybridized carbons (Fsp3) is 0.118. The number of nitrogens with one attached hydrogen (secondary N) is 1. The molecule has 110 valence electrons. The molecular formula is C17H16N4O. The van der Waals surface area contributed by atoms with Gasteiger partial charge in [-0.3, -0.25) is 14.5 Å². The summed E-state index contributed by atoms with van der Waals surface area (Å²) in [5, 5.41) is 7.37. The number of carbonyl (C=O) groups excluding carboxylic acids is 1. The van der Waals surface area contributed by atoms with Crippen molar-refractivity contribution < 1.29 is 4.79 Å². The van der Waals surface area contributed by atoms with Crippen molar-refractivity contribution in [1.29, 1.82) is 0 Å². The number of rotatable bonds is 5. The van der Waals surface area contributed by atoms with Crippen LogP contribution in [0.4, 0.5) is 0 Å². The van der Waals surface area contributed by atoms with E-state index in [4.69, 9.17) is 0 Å². The molecule has 2 heterocycles. The Bertz CT molecular complexity index is 738. The molecule has 0 bridgehead atoms. The Labute approximate surface area is 128 Å². The molecule has 0 aliphatic rings. The van der Waals surface area contributed by atoms with Crippen molar-refractivity contribution in [3.05, 3.63) is 72.7 Å². The largest absolute Gasteiger partial charge is 0.350 e. The summed E-state index contributed by atoms with van der Waals surface area (Å²) in [4.78, 5) is 15.9. The van der Waals surface area contributed by atoms with Gasteiger partial charge in [0, 0.05) is 36.3 Å². The summed E-state index contributed by atoms with van der Waals surface area (Å²) >= 11 is 0. The molecule has 5 heteroatoms.